The predicted octanol–water partition coefficient (Wildman–Crippen LogP) is 2.61. The lowest BCUT2D eigenvalue weighted by Gasteiger charge is -2.36. The lowest BCUT2D eigenvalue weighted by atomic mass is 10.0. The number of aryl methyl sites for hydroxylation is 1. The van der Waals surface area contributed by atoms with Crippen LogP contribution < -0.4 is 5.32 Å². The number of nitrogens with zero attached hydrogens (tertiary/aromatic N) is 2. The van der Waals surface area contributed by atoms with Gasteiger partial charge in [0.2, 0.25) is 5.91 Å². The molecule has 1 N–H and O–H groups in total. The molecule has 0 radical (unpaired) electrons. The van der Waals surface area contributed by atoms with Crippen LogP contribution in [0.5, 0.6) is 0 Å². The molecular formula is C17H23N3O2. The summed E-state index contributed by atoms with van der Waals surface area (Å²) in [5.41, 5.74) is 1.93. The fourth-order valence-electron chi connectivity index (χ4n) is 3.34. The molecule has 0 aliphatic carbocycles. The van der Waals surface area contributed by atoms with Crippen molar-refractivity contribution in [2.24, 2.45) is 0 Å². The topological polar surface area (TPSA) is 52.7 Å². The molecule has 5 heteroatoms. The zero-order chi connectivity index (χ0) is 15.5. The highest BCUT2D eigenvalue weighted by atomic mass is 16.2. The quantitative estimate of drug-likeness (QED) is 0.913. The van der Waals surface area contributed by atoms with Gasteiger partial charge in [-0.05, 0) is 37.8 Å². The minimum atomic E-state index is -0.0412. The standard InChI is InChI=1S/C17H23N3O2/c1-13-5-2-3-6-15(13)18-17(22)19-11-8-14(9-12-19)20-10-4-7-16(20)21/h2-3,5-6,14H,4,7-12H2,1H3,(H,18,22). The van der Waals surface area contributed by atoms with E-state index in [1.807, 2.05) is 41.0 Å². The van der Waals surface area contributed by atoms with E-state index in [1.165, 1.54) is 0 Å². The SMILES string of the molecule is Cc1ccccc1NC(=O)N1CCC(N2CCCC2=O)CC1. The molecule has 2 heterocycles. The van der Waals surface area contributed by atoms with Crippen molar-refractivity contribution < 1.29 is 9.59 Å². The first-order valence-corrected chi connectivity index (χ1v) is 8.06. The monoisotopic (exact) mass is 301 g/mol. The average molecular weight is 301 g/mol. The van der Waals surface area contributed by atoms with Crippen LogP contribution in [0.25, 0.3) is 0 Å². The predicted molar refractivity (Wildman–Crippen MR) is 85.7 cm³/mol. The van der Waals surface area contributed by atoms with Crippen molar-refractivity contribution in [3.05, 3.63) is 29.8 Å². The molecule has 1 aromatic rings. The Morgan fingerprint density at radius 1 is 1.18 bits per heavy atom. The van der Waals surface area contributed by atoms with E-state index < -0.39 is 0 Å². The Bertz CT molecular complexity index is 565. The molecule has 0 unspecified atom stereocenters. The van der Waals surface area contributed by atoms with E-state index in [4.69, 9.17) is 0 Å². The number of benzene rings is 1. The van der Waals surface area contributed by atoms with Gasteiger partial charge in [0.25, 0.3) is 0 Å². The van der Waals surface area contributed by atoms with Gasteiger partial charge in [0.15, 0.2) is 0 Å². The van der Waals surface area contributed by atoms with Crippen molar-refractivity contribution in [2.75, 3.05) is 25.0 Å². The van der Waals surface area contributed by atoms with E-state index in [-0.39, 0.29) is 11.9 Å². The summed E-state index contributed by atoms with van der Waals surface area (Å²) in [5.74, 6) is 0.280. The summed E-state index contributed by atoms with van der Waals surface area (Å²) in [7, 11) is 0. The number of carbonyl (C=O) groups excluding carboxylic acids is 2. The number of carbonyl (C=O) groups is 2. The van der Waals surface area contributed by atoms with Gasteiger partial charge in [-0.1, -0.05) is 18.2 Å². The van der Waals surface area contributed by atoms with E-state index in [0.717, 1.165) is 37.1 Å². The Labute approximate surface area is 131 Å². The second-order valence-electron chi connectivity index (χ2n) is 6.15. The summed E-state index contributed by atoms with van der Waals surface area (Å²) in [4.78, 5) is 28.0. The number of para-hydroxylation sites is 1. The van der Waals surface area contributed by atoms with E-state index >= 15 is 0 Å². The molecule has 5 nitrogen and oxygen atoms in total. The van der Waals surface area contributed by atoms with Crippen LogP contribution in [0, 0.1) is 6.92 Å². The molecule has 1 aromatic carbocycles. The Balaban J connectivity index is 1.54. The number of likely N-dealkylation sites (tertiary alicyclic amines) is 2. The maximum Gasteiger partial charge on any atom is 0.321 e. The van der Waals surface area contributed by atoms with Crippen LogP contribution in [0.3, 0.4) is 0 Å². The first-order chi connectivity index (χ1) is 10.6. The third-order valence-corrected chi connectivity index (χ3v) is 4.69. The summed E-state index contributed by atoms with van der Waals surface area (Å²) in [6.45, 7) is 4.30. The summed E-state index contributed by atoms with van der Waals surface area (Å²) in [6, 6.07) is 8.07. The first-order valence-electron chi connectivity index (χ1n) is 8.06. The van der Waals surface area contributed by atoms with Gasteiger partial charge in [-0.3, -0.25) is 4.79 Å². The molecule has 22 heavy (non-hydrogen) atoms. The fraction of sp³-hybridized carbons (Fsp3) is 0.529. The van der Waals surface area contributed by atoms with Gasteiger partial charge in [0.1, 0.15) is 0 Å². The van der Waals surface area contributed by atoms with Gasteiger partial charge < -0.3 is 15.1 Å². The molecule has 0 saturated carbocycles. The summed E-state index contributed by atoms with van der Waals surface area (Å²) >= 11 is 0. The Morgan fingerprint density at radius 2 is 1.91 bits per heavy atom. The van der Waals surface area contributed by atoms with Gasteiger partial charge >= 0.3 is 6.03 Å². The molecule has 0 aromatic heterocycles. The van der Waals surface area contributed by atoms with Crippen molar-refractivity contribution in [1.29, 1.82) is 0 Å². The third-order valence-electron chi connectivity index (χ3n) is 4.69. The molecule has 0 atom stereocenters. The number of hydrogen-bond acceptors (Lipinski definition) is 2. The third kappa shape index (κ3) is 3.08. The number of piperidine rings is 1. The second kappa shape index (κ2) is 6.38. The van der Waals surface area contributed by atoms with Crippen molar-refractivity contribution in [3.63, 3.8) is 0 Å². The normalized spacial score (nSPS) is 19.6. The van der Waals surface area contributed by atoms with E-state index in [2.05, 4.69) is 5.32 Å². The number of hydrogen-bond donors (Lipinski definition) is 1. The Morgan fingerprint density at radius 3 is 2.55 bits per heavy atom. The molecule has 2 saturated heterocycles. The zero-order valence-corrected chi connectivity index (χ0v) is 13.0. The highest BCUT2D eigenvalue weighted by Crippen LogP contribution is 2.23. The number of amides is 3. The van der Waals surface area contributed by atoms with Crippen LogP contribution in [0.2, 0.25) is 0 Å². The number of nitrogens with one attached hydrogen (secondary N) is 1. The van der Waals surface area contributed by atoms with Gasteiger partial charge in [-0.15, -0.1) is 0 Å². The van der Waals surface area contributed by atoms with Crippen LogP contribution in [-0.4, -0.2) is 47.4 Å². The average Bonchev–Trinajstić information content (AvgIpc) is 2.96. The first kappa shape index (κ1) is 14.9. The second-order valence-corrected chi connectivity index (χ2v) is 6.15. The number of urea groups is 1. The lowest BCUT2D eigenvalue weighted by molar-refractivity contribution is -0.130. The van der Waals surface area contributed by atoms with Gasteiger partial charge in [-0.2, -0.15) is 0 Å². The maximum atomic E-state index is 12.3. The minimum Gasteiger partial charge on any atom is -0.340 e. The lowest BCUT2D eigenvalue weighted by Crippen LogP contribution is -2.48. The molecule has 0 spiro atoms. The summed E-state index contributed by atoms with van der Waals surface area (Å²) in [6.07, 6.45) is 3.43. The number of rotatable bonds is 2. The largest absolute Gasteiger partial charge is 0.340 e. The molecule has 3 amide bonds. The number of anilines is 1. The molecule has 0 bridgehead atoms. The van der Waals surface area contributed by atoms with Crippen LogP contribution in [0.4, 0.5) is 10.5 Å². The molecule has 2 fully saturated rings. The van der Waals surface area contributed by atoms with E-state index in [0.29, 0.717) is 25.6 Å². The van der Waals surface area contributed by atoms with Crippen molar-refractivity contribution in [2.45, 2.75) is 38.6 Å². The molecule has 3 rings (SSSR count). The summed E-state index contributed by atoms with van der Waals surface area (Å²) < 4.78 is 0. The van der Waals surface area contributed by atoms with E-state index in [1.54, 1.807) is 0 Å². The molecule has 2 aliphatic heterocycles. The van der Waals surface area contributed by atoms with E-state index in [9.17, 15) is 9.59 Å². The van der Waals surface area contributed by atoms with Gasteiger partial charge in [0, 0.05) is 37.8 Å². The fourth-order valence-corrected chi connectivity index (χ4v) is 3.34. The van der Waals surface area contributed by atoms with Crippen LogP contribution in [-0.2, 0) is 4.79 Å². The van der Waals surface area contributed by atoms with Crippen LogP contribution in [0.15, 0.2) is 24.3 Å². The summed E-state index contributed by atoms with van der Waals surface area (Å²) in [5, 5.41) is 2.98. The van der Waals surface area contributed by atoms with Crippen LogP contribution in [0.1, 0.15) is 31.2 Å². The van der Waals surface area contributed by atoms with Gasteiger partial charge in [-0.25, -0.2) is 4.79 Å². The molecular weight excluding hydrogens is 278 g/mol. The molecule has 118 valence electrons. The van der Waals surface area contributed by atoms with Crippen molar-refractivity contribution >= 4 is 17.6 Å². The maximum absolute atomic E-state index is 12.3. The van der Waals surface area contributed by atoms with Crippen molar-refractivity contribution in [3.8, 4) is 0 Å². The van der Waals surface area contributed by atoms with Crippen LogP contribution >= 0.6 is 0 Å². The Kier molecular flexibility index (Phi) is 4.32. The molecule has 2 aliphatic rings. The van der Waals surface area contributed by atoms with Gasteiger partial charge in [0.05, 0.1) is 0 Å². The highest BCUT2D eigenvalue weighted by Gasteiger charge is 2.31. The Hall–Kier alpha value is -2.04. The smallest absolute Gasteiger partial charge is 0.321 e. The van der Waals surface area contributed by atoms with Crippen molar-refractivity contribution in [1.82, 2.24) is 9.80 Å². The zero-order valence-electron chi connectivity index (χ0n) is 13.0. The highest BCUT2D eigenvalue weighted by molar-refractivity contribution is 5.90. The minimum absolute atomic E-state index is 0.0412.